The van der Waals surface area contributed by atoms with Crippen LogP contribution in [0.15, 0.2) is 16.9 Å². The smallest absolute Gasteiger partial charge is 0.0776 e. The fraction of sp³-hybridized carbons (Fsp3) is 0.444. The van der Waals surface area contributed by atoms with E-state index in [1.807, 2.05) is 0 Å². The summed E-state index contributed by atoms with van der Waals surface area (Å²) in [6, 6.07) is 0. The van der Waals surface area contributed by atoms with Gasteiger partial charge >= 0.3 is 0 Å². The Morgan fingerprint density at radius 2 is 2.07 bits per heavy atom. The van der Waals surface area contributed by atoms with Crippen molar-refractivity contribution >= 4 is 38.1 Å². The van der Waals surface area contributed by atoms with Crippen LogP contribution in [0.2, 0.25) is 0 Å². The summed E-state index contributed by atoms with van der Waals surface area (Å²) in [5.41, 5.74) is 7.51. The predicted octanol–water partition coefficient (Wildman–Crippen LogP) is 0.995. The first-order valence-electron chi connectivity index (χ1n) is 4.67. The Morgan fingerprint density at radius 3 is 2.67 bits per heavy atom. The summed E-state index contributed by atoms with van der Waals surface area (Å²) < 4.78 is 12.1. The maximum Gasteiger partial charge on any atom is 0.0776 e. The molecule has 0 atom stereocenters. The zero-order valence-corrected chi connectivity index (χ0v) is 10.6. The van der Waals surface area contributed by atoms with E-state index >= 15 is 0 Å². The molecule has 0 aromatic carbocycles. The molecule has 1 aromatic heterocycles. The largest absolute Gasteiger partial charge is 0.396 e. The average Bonchev–Trinajstić information content (AvgIpc) is 2.20. The first-order chi connectivity index (χ1) is 7.18. The lowest BCUT2D eigenvalue weighted by Crippen LogP contribution is -2.38. The highest BCUT2D eigenvalue weighted by molar-refractivity contribution is 9.10. The molecule has 0 amide bonds. The predicted molar refractivity (Wildman–Crippen MR) is 66.4 cm³/mol. The van der Waals surface area contributed by atoms with Gasteiger partial charge in [-0.1, -0.05) is 0 Å². The monoisotopic (exact) mass is 289 g/mol. The van der Waals surface area contributed by atoms with Crippen molar-refractivity contribution in [2.24, 2.45) is 0 Å². The molecule has 1 aromatic rings. The summed E-state index contributed by atoms with van der Waals surface area (Å²) in [6.45, 7) is 1.58. The molecule has 1 aliphatic heterocycles. The van der Waals surface area contributed by atoms with Crippen LogP contribution < -0.4 is 10.6 Å². The molecule has 2 rings (SSSR count). The van der Waals surface area contributed by atoms with E-state index in [0.717, 1.165) is 23.2 Å². The molecule has 0 unspecified atom stereocenters. The summed E-state index contributed by atoms with van der Waals surface area (Å²) in [5, 5.41) is 0. The summed E-state index contributed by atoms with van der Waals surface area (Å²) >= 11 is 3.44. The van der Waals surface area contributed by atoms with E-state index in [-0.39, 0.29) is 0 Å². The molecule has 4 nitrogen and oxygen atoms in total. The normalized spacial score (nSPS) is 18.1. The van der Waals surface area contributed by atoms with E-state index in [4.69, 9.17) is 5.73 Å². The van der Waals surface area contributed by atoms with Gasteiger partial charge in [-0.05, 0) is 15.9 Å². The van der Waals surface area contributed by atoms with Crippen molar-refractivity contribution in [1.29, 1.82) is 0 Å². The van der Waals surface area contributed by atoms with Crippen LogP contribution in [0, 0.1) is 0 Å². The lowest BCUT2D eigenvalue weighted by molar-refractivity contribution is 0.673. The molecule has 6 heteroatoms. The van der Waals surface area contributed by atoms with Crippen molar-refractivity contribution in [2.45, 2.75) is 0 Å². The van der Waals surface area contributed by atoms with Gasteiger partial charge in [0.2, 0.25) is 0 Å². The first kappa shape index (κ1) is 10.9. The number of pyridine rings is 1. The van der Waals surface area contributed by atoms with Crippen molar-refractivity contribution in [3.8, 4) is 0 Å². The molecule has 0 aliphatic carbocycles. The summed E-state index contributed by atoms with van der Waals surface area (Å²) in [6.07, 6.45) is 3.38. The Kier molecular flexibility index (Phi) is 3.25. The van der Waals surface area contributed by atoms with Gasteiger partial charge in [-0.2, -0.15) is 0 Å². The second-order valence-electron chi connectivity index (χ2n) is 3.39. The fourth-order valence-corrected chi connectivity index (χ4v) is 3.29. The zero-order valence-electron chi connectivity index (χ0n) is 8.15. The summed E-state index contributed by atoms with van der Waals surface area (Å²) in [7, 11) is -0.661. The highest BCUT2D eigenvalue weighted by atomic mass is 79.9. The molecule has 0 radical (unpaired) electrons. The minimum atomic E-state index is -0.661. The molecule has 1 aliphatic rings. The van der Waals surface area contributed by atoms with E-state index in [1.54, 1.807) is 12.4 Å². The number of nitrogens with two attached hydrogens (primary N) is 1. The second-order valence-corrected chi connectivity index (χ2v) is 5.94. The lowest BCUT2D eigenvalue weighted by atomic mass is 10.3. The van der Waals surface area contributed by atoms with Crippen LogP contribution in [0.3, 0.4) is 0 Å². The molecule has 1 saturated heterocycles. The number of halogens is 1. The third-order valence-corrected chi connectivity index (χ3v) is 4.25. The van der Waals surface area contributed by atoms with E-state index < -0.39 is 10.8 Å². The first-order valence-corrected chi connectivity index (χ1v) is 6.95. The highest BCUT2D eigenvalue weighted by Gasteiger charge is 2.19. The molecule has 15 heavy (non-hydrogen) atoms. The zero-order chi connectivity index (χ0) is 10.8. The SMILES string of the molecule is Nc1cncc(Br)c1N1CCS(=O)CC1. The number of aromatic nitrogens is 1. The van der Waals surface area contributed by atoms with Crippen LogP contribution >= 0.6 is 15.9 Å². The van der Waals surface area contributed by atoms with Gasteiger partial charge in [0.15, 0.2) is 0 Å². The van der Waals surface area contributed by atoms with Gasteiger partial charge in [0.25, 0.3) is 0 Å². The maximum atomic E-state index is 11.2. The van der Waals surface area contributed by atoms with Crippen LogP contribution in [0.4, 0.5) is 11.4 Å². The van der Waals surface area contributed by atoms with Crippen LogP contribution in [0.5, 0.6) is 0 Å². The molecule has 2 N–H and O–H groups in total. The number of nitrogen functional groups attached to an aromatic ring is 1. The number of nitrogens with zero attached hydrogens (tertiary/aromatic N) is 2. The Morgan fingerprint density at radius 1 is 1.40 bits per heavy atom. The topological polar surface area (TPSA) is 59.2 Å². The summed E-state index contributed by atoms with van der Waals surface area (Å²) in [4.78, 5) is 6.15. The van der Waals surface area contributed by atoms with E-state index in [2.05, 4.69) is 25.8 Å². The van der Waals surface area contributed by atoms with Gasteiger partial charge < -0.3 is 10.6 Å². The third-order valence-electron chi connectivity index (χ3n) is 2.40. The molecular formula is C9H12BrN3OS. The average molecular weight is 290 g/mol. The number of rotatable bonds is 1. The van der Waals surface area contributed by atoms with Gasteiger partial charge in [0.1, 0.15) is 0 Å². The standard InChI is InChI=1S/C9H12BrN3OS/c10-7-5-12-6-8(11)9(7)13-1-3-15(14)4-2-13/h5-6H,1-4,11H2. The lowest BCUT2D eigenvalue weighted by Gasteiger charge is -2.30. The van der Waals surface area contributed by atoms with Gasteiger partial charge in [-0.25, -0.2) is 0 Å². The van der Waals surface area contributed by atoms with Crippen LogP contribution in [0.1, 0.15) is 0 Å². The van der Waals surface area contributed by atoms with Crippen LogP contribution in [-0.4, -0.2) is 33.8 Å². The second kappa shape index (κ2) is 4.49. The Labute approximate surface area is 99.4 Å². The van der Waals surface area contributed by atoms with Crippen LogP contribution in [0.25, 0.3) is 0 Å². The van der Waals surface area contributed by atoms with E-state index in [1.165, 1.54) is 0 Å². The van der Waals surface area contributed by atoms with E-state index in [0.29, 0.717) is 17.2 Å². The van der Waals surface area contributed by atoms with Crippen LogP contribution in [-0.2, 0) is 10.8 Å². The van der Waals surface area contributed by atoms with Gasteiger partial charge in [0.05, 0.1) is 22.0 Å². The number of hydrogen-bond donors (Lipinski definition) is 1. The Hall–Kier alpha value is -0.620. The van der Waals surface area contributed by atoms with Crippen molar-refractivity contribution in [3.63, 3.8) is 0 Å². The molecule has 82 valence electrons. The van der Waals surface area contributed by atoms with Crippen molar-refractivity contribution in [2.75, 3.05) is 35.2 Å². The van der Waals surface area contributed by atoms with Crippen molar-refractivity contribution in [1.82, 2.24) is 4.98 Å². The van der Waals surface area contributed by atoms with Crippen molar-refractivity contribution < 1.29 is 4.21 Å². The number of anilines is 2. The Balaban J connectivity index is 2.26. The molecular weight excluding hydrogens is 278 g/mol. The van der Waals surface area contributed by atoms with Gasteiger partial charge in [-0.15, -0.1) is 0 Å². The maximum absolute atomic E-state index is 11.2. The number of hydrogen-bond acceptors (Lipinski definition) is 4. The highest BCUT2D eigenvalue weighted by Crippen LogP contribution is 2.31. The molecule has 1 fully saturated rings. The minimum absolute atomic E-state index is 0.661. The van der Waals surface area contributed by atoms with Gasteiger partial charge in [0, 0.05) is 41.6 Å². The fourth-order valence-electron chi connectivity index (χ4n) is 1.64. The molecule has 2 heterocycles. The Bertz CT molecular complexity index is 369. The molecule has 0 saturated carbocycles. The van der Waals surface area contributed by atoms with Crippen molar-refractivity contribution in [3.05, 3.63) is 16.9 Å². The third kappa shape index (κ3) is 2.31. The van der Waals surface area contributed by atoms with E-state index in [9.17, 15) is 4.21 Å². The molecule has 0 bridgehead atoms. The quantitative estimate of drug-likeness (QED) is 0.838. The minimum Gasteiger partial charge on any atom is -0.396 e. The summed E-state index contributed by atoms with van der Waals surface area (Å²) in [5.74, 6) is 1.43. The van der Waals surface area contributed by atoms with Gasteiger partial charge in [-0.3, -0.25) is 9.19 Å². The molecule has 0 spiro atoms.